The zero-order chi connectivity index (χ0) is 10.7. The van der Waals surface area contributed by atoms with Crippen LogP contribution in [0, 0.1) is 5.95 Å². The Morgan fingerprint density at radius 1 is 1.53 bits per heavy atom. The predicted molar refractivity (Wildman–Crippen MR) is 59.5 cm³/mol. The molecule has 0 amide bonds. The standard InChI is InChI=1S/C12H17FN2/c1-2-10-5-3-4-8-15(10)11-6-7-14-12(13)9-11/h6-7,9-10H,2-5,8H2,1H3. The first-order chi connectivity index (χ1) is 7.31. The molecule has 0 aromatic carbocycles. The maximum atomic E-state index is 13.0. The van der Waals surface area contributed by atoms with E-state index in [-0.39, 0.29) is 5.95 Å². The van der Waals surface area contributed by atoms with E-state index in [9.17, 15) is 4.39 Å². The molecule has 1 aliphatic heterocycles. The molecule has 0 aliphatic carbocycles. The van der Waals surface area contributed by atoms with Gasteiger partial charge >= 0.3 is 0 Å². The molecule has 0 spiro atoms. The van der Waals surface area contributed by atoms with E-state index in [4.69, 9.17) is 0 Å². The zero-order valence-corrected chi connectivity index (χ0v) is 9.12. The largest absolute Gasteiger partial charge is 0.368 e. The molecular weight excluding hydrogens is 191 g/mol. The van der Waals surface area contributed by atoms with Crippen LogP contribution in [0.25, 0.3) is 0 Å². The Balaban J connectivity index is 2.20. The lowest BCUT2D eigenvalue weighted by molar-refractivity contribution is 0.448. The molecule has 1 atom stereocenters. The number of nitrogens with zero attached hydrogens (tertiary/aromatic N) is 2. The molecule has 1 aliphatic rings. The van der Waals surface area contributed by atoms with Crippen LogP contribution in [0.15, 0.2) is 18.3 Å². The number of pyridine rings is 1. The Morgan fingerprint density at radius 2 is 2.40 bits per heavy atom. The van der Waals surface area contributed by atoms with E-state index in [2.05, 4.69) is 16.8 Å². The minimum atomic E-state index is -0.382. The summed E-state index contributed by atoms with van der Waals surface area (Å²) >= 11 is 0. The number of aromatic nitrogens is 1. The Labute approximate surface area is 90.1 Å². The molecule has 82 valence electrons. The molecule has 0 N–H and O–H groups in total. The Bertz CT molecular complexity index is 327. The van der Waals surface area contributed by atoms with E-state index in [0.29, 0.717) is 6.04 Å². The van der Waals surface area contributed by atoms with Crippen molar-refractivity contribution in [3.05, 3.63) is 24.3 Å². The third-order valence-electron chi connectivity index (χ3n) is 3.14. The van der Waals surface area contributed by atoms with Crippen LogP contribution in [0.3, 0.4) is 0 Å². The van der Waals surface area contributed by atoms with Crippen LogP contribution in [-0.4, -0.2) is 17.6 Å². The van der Waals surface area contributed by atoms with Crippen LogP contribution in [0.4, 0.5) is 10.1 Å². The first-order valence-electron chi connectivity index (χ1n) is 5.69. The van der Waals surface area contributed by atoms with E-state index >= 15 is 0 Å². The van der Waals surface area contributed by atoms with Gasteiger partial charge in [0.1, 0.15) is 0 Å². The molecule has 1 unspecified atom stereocenters. The molecule has 1 aromatic rings. The van der Waals surface area contributed by atoms with Gasteiger partial charge in [0, 0.05) is 30.5 Å². The molecule has 1 aromatic heterocycles. The van der Waals surface area contributed by atoms with Crippen molar-refractivity contribution in [1.82, 2.24) is 4.98 Å². The van der Waals surface area contributed by atoms with Gasteiger partial charge in [-0.15, -0.1) is 0 Å². The van der Waals surface area contributed by atoms with Crippen molar-refractivity contribution in [3.63, 3.8) is 0 Å². The molecule has 2 rings (SSSR count). The summed E-state index contributed by atoms with van der Waals surface area (Å²) in [5, 5.41) is 0. The summed E-state index contributed by atoms with van der Waals surface area (Å²) in [6.07, 6.45) is 6.40. The maximum Gasteiger partial charge on any atom is 0.214 e. The van der Waals surface area contributed by atoms with Crippen molar-refractivity contribution in [2.75, 3.05) is 11.4 Å². The summed E-state index contributed by atoms with van der Waals surface area (Å²) in [4.78, 5) is 5.91. The van der Waals surface area contributed by atoms with Crippen molar-refractivity contribution in [2.45, 2.75) is 38.6 Å². The van der Waals surface area contributed by atoms with Gasteiger partial charge in [0.2, 0.25) is 5.95 Å². The van der Waals surface area contributed by atoms with Gasteiger partial charge in [0.25, 0.3) is 0 Å². The molecule has 0 radical (unpaired) electrons. The van der Waals surface area contributed by atoms with Crippen molar-refractivity contribution in [2.24, 2.45) is 0 Å². The van der Waals surface area contributed by atoms with Crippen molar-refractivity contribution >= 4 is 5.69 Å². The number of piperidine rings is 1. The second kappa shape index (κ2) is 4.60. The SMILES string of the molecule is CCC1CCCCN1c1ccnc(F)c1. The highest BCUT2D eigenvalue weighted by Crippen LogP contribution is 2.26. The van der Waals surface area contributed by atoms with Gasteiger partial charge in [0.15, 0.2) is 0 Å². The lowest BCUT2D eigenvalue weighted by atomic mass is 9.99. The van der Waals surface area contributed by atoms with Crippen LogP contribution in [0.2, 0.25) is 0 Å². The van der Waals surface area contributed by atoms with Crippen LogP contribution in [0.1, 0.15) is 32.6 Å². The molecule has 15 heavy (non-hydrogen) atoms. The highest BCUT2D eigenvalue weighted by Gasteiger charge is 2.21. The molecule has 2 nitrogen and oxygen atoms in total. The molecule has 0 bridgehead atoms. The highest BCUT2D eigenvalue weighted by atomic mass is 19.1. The van der Waals surface area contributed by atoms with E-state index in [1.165, 1.54) is 25.3 Å². The van der Waals surface area contributed by atoms with Crippen LogP contribution >= 0.6 is 0 Å². The van der Waals surface area contributed by atoms with Crippen LogP contribution in [0.5, 0.6) is 0 Å². The van der Waals surface area contributed by atoms with Crippen molar-refractivity contribution < 1.29 is 4.39 Å². The number of halogens is 1. The van der Waals surface area contributed by atoms with Crippen LogP contribution in [-0.2, 0) is 0 Å². The van der Waals surface area contributed by atoms with Gasteiger partial charge in [-0.05, 0) is 31.7 Å². The average molecular weight is 208 g/mol. The van der Waals surface area contributed by atoms with Gasteiger partial charge in [-0.2, -0.15) is 4.39 Å². The van der Waals surface area contributed by atoms with Gasteiger partial charge in [-0.1, -0.05) is 6.92 Å². The molecule has 0 saturated carbocycles. The summed E-state index contributed by atoms with van der Waals surface area (Å²) < 4.78 is 13.0. The number of anilines is 1. The third kappa shape index (κ3) is 2.28. The van der Waals surface area contributed by atoms with Gasteiger partial charge < -0.3 is 4.90 Å². The van der Waals surface area contributed by atoms with Crippen LogP contribution < -0.4 is 4.90 Å². The fourth-order valence-corrected chi connectivity index (χ4v) is 2.34. The Kier molecular flexibility index (Phi) is 3.19. The fourth-order valence-electron chi connectivity index (χ4n) is 2.34. The van der Waals surface area contributed by atoms with Gasteiger partial charge in [-0.3, -0.25) is 0 Å². The molecule has 2 heterocycles. The summed E-state index contributed by atoms with van der Waals surface area (Å²) in [5.41, 5.74) is 0.981. The quantitative estimate of drug-likeness (QED) is 0.694. The van der Waals surface area contributed by atoms with Gasteiger partial charge in [0.05, 0.1) is 0 Å². The van der Waals surface area contributed by atoms with E-state index in [1.54, 1.807) is 6.20 Å². The van der Waals surface area contributed by atoms with E-state index in [0.717, 1.165) is 18.7 Å². The zero-order valence-electron chi connectivity index (χ0n) is 9.12. The molecule has 1 fully saturated rings. The van der Waals surface area contributed by atoms with E-state index < -0.39 is 0 Å². The van der Waals surface area contributed by atoms with Crippen molar-refractivity contribution in [1.29, 1.82) is 0 Å². The smallest absolute Gasteiger partial charge is 0.214 e. The summed E-state index contributed by atoms with van der Waals surface area (Å²) in [6.45, 7) is 3.24. The average Bonchev–Trinajstić information content (AvgIpc) is 2.29. The molecule has 1 saturated heterocycles. The maximum absolute atomic E-state index is 13.0. The second-order valence-corrected chi connectivity index (χ2v) is 4.09. The minimum Gasteiger partial charge on any atom is -0.368 e. The molecular formula is C12H17FN2. The van der Waals surface area contributed by atoms with Gasteiger partial charge in [-0.25, -0.2) is 4.98 Å². The minimum absolute atomic E-state index is 0.382. The lowest BCUT2D eigenvalue weighted by Gasteiger charge is -2.37. The number of rotatable bonds is 2. The number of hydrogen-bond donors (Lipinski definition) is 0. The lowest BCUT2D eigenvalue weighted by Crippen LogP contribution is -2.39. The summed E-state index contributed by atoms with van der Waals surface area (Å²) in [6, 6.07) is 4.01. The van der Waals surface area contributed by atoms with Crippen molar-refractivity contribution in [3.8, 4) is 0 Å². The summed E-state index contributed by atoms with van der Waals surface area (Å²) in [7, 11) is 0. The predicted octanol–water partition coefficient (Wildman–Crippen LogP) is 2.99. The normalized spacial score (nSPS) is 21.7. The Morgan fingerprint density at radius 3 is 3.13 bits per heavy atom. The fraction of sp³-hybridized carbons (Fsp3) is 0.583. The summed E-state index contributed by atoms with van der Waals surface area (Å²) in [5.74, 6) is -0.382. The monoisotopic (exact) mass is 208 g/mol. The first-order valence-corrected chi connectivity index (χ1v) is 5.69. The molecule has 3 heteroatoms. The number of hydrogen-bond acceptors (Lipinski definition) is 2. The Hall–Kier alpha value is -1.12. The topological polar surface area (TPSA) is 16.1 Å². The highest BCUT2D eigenvalue weighted by molar-refractivity contribution is 5.46. The second-order valence-electron chi connectivity index (χ2n) is 4.09. The van der Waals surface area contributed by atoms with E-state index in [1.807, 2.05) is 6.07 Å². The first kappa shape index (κ1) is 10.4. The third-order valence-corrected chi connectivity index (χ3v) is 3.14.